The Morgan fingerprint density at radius 1 is 1.07 bits per heavy atom. The number of amides is 3. The van der Waals surface area contributed by atoms with Crippen LogP contribution >= 0.6 is 0 Å². The van der Waals surface area contributed by atoms with Crippen LogP contribution in [0, 0.1) is 23.7 Å². The number of fused-ring (bicyclic) bond motifs is 5. The van der Waals surface area contributed by atoms with E-state index in [0.717, 1.165) is 38.7 Å². The Kier molecular flexibility index (Phi) is 4.04. The second-order valence-corrected chi connectivity index (χ2v) is 8.26. The minimum atomic E-state index is -0.262. The van der Waals surface area contributed by atoms with Crippen molar-refractivity contribution in [3.8, 4) is 0 Å². The lowest BCUT2D eigenvalue weighted by Crippen LogP contribution is -2.36. The summed E-state index contributed by atoms with van der Waals surface area (Å²) < 4.78 is 5.55. The highest BCUT2D eigenvalue weighted by molar-refractivity contribution is 6.24. The molecule has 2 saturated carbocycles. The fourth-order valence-corrected chi connectivity index (χ4v) is 5.61. The SMILES string of the molecule is O=C(NC[C@H]1CCCO1)c1ccccc1N1C(=O)[C@@H]2[C@H]3CC[C@@H](C3)[C@@H]2C1=O. The molecule has 0 spiro atoms. The van der Waals surface area contributed by atoms with E-state index in [2.05, 4.69) is 5.32 Å². The number of anilines is 1. The van der Waals surface area contributed by atoms with Crippen LogP contribution in [0.1, 0.15) is 42.5 Å². The van der Waals surface area contributed by atoms with Crippen LogP contribution in [0.4, 0.5) is 5.69 Å². The van der Waals surface area contributed by atoms with E-state index >= 15 is 0 Å². The van der Waals surface area contributed by atoms with E-state index in [9.17, 15) is 14.4 Å². The third kappa shape index (κ3) is 2.61. The normalized spacial score (nSPS) is 34.4. The first-order valence-electron chi connectivity index (χ1n) is 10.0. The van der Waals surface area contributed by atoms with Gasteiger partial charge in [-0.2, -0.15) is 0 Å². The highest BCUT2D eigenvalue weighted by atomic mass is 16.5. The van der Waals surface area contributed by atoms with Crippen LogP contribution in [0.2, 0.25) is 0 Å². The van der Waals surface area contributed by atoms with Crippen LogP contribution in [0.25, 0.3) is 0 Å². The van der Waals surface area contributed by atoms with Gasteiger partial charge in [-0.1, -0.05) is 12.1 Å². The van der Waals surface area contributed by atoms with Crippen LogP contribution < -0.4 is 10.2 Å². The molecule has 1 N–H and O–H groups in total. The zero-order chi connectivity index (χ0) is 18.5. The number of rotatable bonds is 4. The van der Waals surface area contributed by atoms with Gasteiger partial charge in [0.1, 0.15) is 0 Å². The van der Waals surface area contributed by atoms with Crippen molar-refractivity contribution in [1.29, 1.82) is 0 Å². The van der Waals surface area contributed by atoms with Crippen LogP contribution in [0.15, 0.2) is 24.3 Å². The van der Waals surface area contributed by atoms with Crippen LogP contribution in [-0.2, 0) is 14.3 Å². The number of imide groups is 1. The summed E-state index contributed by atoms with van der Waals surface area (Å²) >= 11 is 0. The molecule has 2 aliphatic carbocycles. The van der Waals surface area contributed by atoms with E-state index in [1.54, 1.807) is 24.3 Å². The monoisotopic (exact) mass is 368 g/mol. The number of hydrogen-bond acceptors (Lipinski definition) is 4. The van der Waals surface area contributed by atoms with Gasteiger partial charge in [0.05, 0.1) is 29.2 Å². The number of carbonyl (C=O) groups excluding carboxylic acids is 3. The molecule has 142 valence electrons. The number of benzene rings is 1. The second kappa shape index (κ2) is 6.44. The molecule has 27 heavy (non-hydrogen) atoms. The lowest BCUT2D eigenvalue weighted by atomic mass is 9.81. The van der Waals surface area contributed by atoms with Gasteiger partial charge >= 0.3 is 0 Å². The van der Waals surface area contributed by atoms with Crippen molar-refractivity contribution in [2.75, 3.05) is 18.1 Å². The molecule has 0 aromatic heterocycles. The van der Waals surface area contributed by atoms with Crippen LogP contribution in [-0.4, -0.2) is 37.0 Å². The van der Waals surface area contributed by atoms with Crippen LogP contribution in [0.3, 0.4) is 0 Å². The van der Waals surface area contributed by atoms with Gasteiger partial charge in [0.25, 0.3) is 5.91 Å². The molecule has 6 nitrogen and oxygen atoms in total. The molecule has 2 heterocycles. The molecular formula is C21H24N2O4. The molecule has 6 heteroatoms. The van der Waals surface area contributed by atoms with Gasteiger partial charge in [0.2, 0.25) is 11.8 Å². The number of hydrogen-bond donors (Lipinski definition) is 1. The predicted octanol–water partition coefficient (Wildman–Crippen LogP) is 2.13. The van der Waals surface area contributed by atoms with E-state index in [1.165, 1.54) is 4.90 Å². The average molecular weight is 368 g/mol. The highest BCUT2D eigenvalue weighted by Crippen LogP contribution is 2.56. The zero-order valence-corrected chi connectivity index (χ0v) is 15.2. The van der Waals surface area contributed by atoms with Gasteiger partial charge in [-0.3, -0.25) is 14.4 Å². The van der Waals surface area contributed by atoms with Gasteiger partial charge in [-0.15, -0.1) is 0 Å². The molecule has 5 atom stereocenters. The molecule has 4 fully saturated rings. The van der Waals surface area contributed by atoms with E-state index in [0.29, 0.717) is 29.6 Å². The first kappa shape index (κ1) is 16.9. The lowest BCUT2D eigenvalue weighted by Gasteiger charge is -2.20. The van der Waals surface area contributed by atoms with Crippen molar-refractivity contribution in [2.45, 2.75) is 38.2 Å². The average Bonchev–Trinajstić information content (AvgIpc) is 3.45. The number of carbonyl (C=O) groups is 3. The third-order valence-electron chi connectivity index (χ3n) is 6.83. The highest BCUT2D eigenvalue weighted by Gasteiger charge is 2.61. The number of para-hydroxylation sites is 1. The quantitative estimate of drug-likeness (QED) is 0.826. The second-order valence-electron chi connectivity index (χ2n) is 8.26. The van der Waals surface area contributed by atoms with Crippen molar-refractivity contribution in [3.05, 3.63) is 29.8 Å². The van der Waals surface area contributed by atoms with Crippen molar-refractivity contribution in [1.82, 2.24) is 5.32 Å². The summed E-state index contributed by atoms with van der Waals surface area (Å²) in [6, 6.07) is 6.93. The third-order valence-corrected chi connectivity index (χ3v) is 6.83. The summed E-state index contributed by atoms with van der Waals surface area (Å²) in [5, 5.41) is 2.90. The van der Waals surface area contributed by atoms with Gasteiger partial charge in [0.15, 0.2) is 0 Å². The van der Waals surface area contributed by atoms with E-state index in [-0.39, 0.29) is 35.7 Å². The predicted molar refractivity (Wildman–Crippen MR) is 98.1 cm³/mol. The number of nitrogens with zero attached hydrogens (tertiary/aromatic N) is 1. The van der Waals surface area contributed by atoms with Gasteiger partial charge in [0, 0.05) is 13.2 Å². The number of nitrogens with one attached hydrogen (secondary N) is 1. The largest absolute Gasteiger partial charge is 0.376 e. The molecule has 1 aromatic rings. The zero-order valence-electron chi connectivity index (χ0n) is 15.2. The maximum atomic E-state index is 13.1. The first-order chi connectivity index (χ1) is 13.1. The molecule has 0 unspecified atom stereocenters. The minimum Gasteiger partial charge on any atom is -0.376 e. The Hall–Kier alpha value is -2.21. The summed E-state index contributed by atoms with van der Waals surface area (Å²) in [6.07, 6.45) is 5.09. The smallest absolute Gasteiger partial charge is 0.253 e. The number of ether oxygens (including phenoxy) is 1. The molecule has 5 rings (SSSR count). The Morgan fingerprint density at radius 2 is 1.78 bits per heavy atom. The van der Waals surface area contributed by atoms with Crippen LogP contribution in [0.5, 0.6) is 0 Å². The molecule has 2 saturated heterocycles. The standard InChI is InChI=1S/C21H24N2O4/c24-19(22-11-14-4-3-9-27-14)15-5-1-2-6-16(15)23-20(25)17-12-7-8-13(10-12)18(17)21(23)26/h1-2,5-6,12-14,17-18H,3-4,7-11H2,(H,22,24)/t12-,13-,14+,17-,18+/m0/s1. The van der Waals surface area contributed by atoms with Gasteiger partial charge < -0.3 is 10.1 Å². The fraction of sp³-hybridized carbons (Fsp3) is 0.571. The Bertz CT molecular complexity index is 773. The summed E-state index contributed by atoms with van der Waals surface area (Å²) in [4.78, 5) is 40.2. The molecule has 1 aromatic carbocycles. The Labute approximate surface area is 158 Å². The van der Waals surface area contributed by atoms with Gasteiger partial charge in [-0.25, -0.2) is 4.90 Å². The molecule has 2 bridgehead atoms. The molecule has 2 aliphatic heterocycles. The maximum Gasteiger partial charge on any atom is 0.253 e. The van der Waals surface area contributed by atoms with Crippen molar-refractivity contribution in [2.24, 2.45) is 23.7 Å². The maximum absolute atomic E-state index is 13.1. The Morgan fingerprint density at radius 3 is 2.44 bits per heavy atom. The minimum absolute atomic E-state index is 0.0474. The van der Waals surface area contributed by atoms with E-state index in [1.807, 2.05) is 0 Å². The first-order valence-corrected chi connectivity index (χ1v) is 10.0. The molecule has 0 radical (unpaired) electrons. The summed E-state index contributed by atoms with van der Waals surface area (Å²) in [7, 11) is 0. The molecular weight excluding hydrogens is 344 g/mol. The van der Waals surface area contributed by atoms with Gasteiger partial charge in [-0.05, 0) is 56.1 Å². The fourth-order valence-electron chi connectivity index (χ4n) is 5.61. The summed E-state index contributed by atoms with van der Waals surface area (Å²) in [5.74, 6) is -0.183. The topological polar surface area (TPSA) is 75.7 Å². The van der Waals surface area contributed by atoms with E-state index < -0.39 is 0 Å². The summed E-state index contributed by atoms with van der Waals surface area (Å²) in [6.45, 7) is 1.18. The molecule has 3 amide bonds. The molecule has 4 aliphatic rings. The lowest BCUT2D eigenvalue weighted by molar-refractivity contribution is -0.123. The summed E-state index contributed by atoms with van der Waals surface area (Å²) in [5.41, 5.74) is 0.802. The Balaban J connectivity index is 1.40. The van der Waals surface area contributed by atoms with Crippen molar-refractivity contribution >= 4 is 23.4 Å². The van der Waals surface area contributed by atoms with E-state index in [4.69, 9.17) is 4.74 Å². The van der Waals surface area contributed by atoms with Crippen molar-refractivity contribution < 1.29 is 19.1 Å². The van der Waals surface area contributed by atoms with Crippen molar-refractivity contribution in [3.63, 3.8) is 0 Å².